The summed E-state index contributed by atoms with van der Waals surface area (Å²) in [5, 5.41) is 3.30. The fourth-order valence-electron chi connectivity index (χ4n) is 2.24. The van der Waals surface area contributed by atoms with Crippen molar-refractivity contribution in [2.24, 2.45) is 0 Å². The van der Waals surface area contributed by atoms with Crippen LogP contribution in [0.3, 0.4) is 0 Å². The highest BCUT2D eigenvalue weighted by atomic mass is 16.5. The highest BCUT2D eigenvalue weighted by Crippen LogP contribution is 2.24. The van der Waals surface area contributed by atoms with Gasteiger partial charge in [0.15, 0.2) is 0 Å². The van der Waals surface area contributed by atoms with Gasteiger partial charge in [-0.05, 0) is 40.5 Å². The lowest BCUT2D eigenvalue weighted by molar-refractivity contribution is -0.132. The van der Waals surface area contributed by atoms with E-state index in [1.165, 1.54) is 0 Å². The number of hydrogen-bond acceptors (Lipinski definition) is 3. The highest BCUT2D eigenvalue weighted by Gasteiger charge is 2.30. The van der Waals surface area contributed by atoms with Gasteiger partial charge in [0.25, 0.3) is 0 Å². The molecule has 0 aliphatic carbocycles. The van der Waals surface area contributed by atoms with Crippen LogP contribution in [0.5, 0.6) is 0 Å². The summed E-state index contributed by atoms with van der Waals surface area (Å²) < 4.78 is 5.70. The summed E-state index contributed by atoms with van der Waals surface area (Å²) >= 11 is 0. The Hall–Kier alpha value is -0.610. The minimum Gasteiger partial charge on any atom is -0.374 e. The first-order valence-electron chi connectivity index (χ1n) is 6.68. The molecule has 0 aromatic rings. The van der Waals surface area contributed by atoms with Crippen LogP contribution in [-0.4, -0.2) is 48.7 Å². The summed E-state index contributed by atoms with van der Waals surface area (Å²) in [6.07, 6.45) is 2.20. The number of nitrogens with zero attached hydrogens (tertiary/aromatic N) is 1. The third-order valence-electron chi connectivity index (χ3n) is 3.53. The minimum absolute atomic E-state index is 0.0855. The number of carbonyl (C=O) groups is 1. The van der Waals surface area contributed by atoms with E-state index in [4.69, 9.17) is 4.74 Å². The number of hydrogen-bond donors (Lipinski definition) is 1. The van der Waals surface area contributed by atoms with Crippen LogP contribution in [0.15, 0.2) is 0 Å². The smallest absolute Gasteiger partial charge is 0.239 e. The van der Waals surface area contributed by atoms with E-state index < -0.39 is 0 Å². The van der Waals surface area contributed by atoms with Gasteiger partial charge in [-0.2, -0.15) is 0 Å². The maximum absolute atomic E-state index is 12.0. The molecule has 1 aliphatic rings. The van der Waals surface area contributed by atoms with Crippen LogP contribution >= 0.6 is 0 Å². The fourth-order valence-corrected chi connectivity index (χ4v) is 2.24. The Morgan fingerprint density at radius 1 is 1.47 bits per heavy atom. The molecule has 100 valence electrons. The van der Waals surface area contributed by atoms with E-state index in [9.17, 15) is 4.79 Å². The molecule has 1 amide bonds. The predicted molar refractivity (Wildman–Crippen MR) is 69.0 cm³/mol. The van der Waals surface area contributed by atoms with Crippen LogP contribution in [0.25, 0.3) is 0 Å². The summed E-state index contributed by atoms with van der Waals surface area (Å²) in [7, 11) is 0. The third-order valence-corrected chi connectivity index (χ3v) is 3.53. The molecule has 0 saturated carbocycles. The molecule has 17 heavy (non-hydrogen) atoms. The zero-order valence-corrected chi connectivity index (χ0v) is 11.6. The molecule has 4 heteroatoms. The molecular weight excluding hydrogens is 216 g/mol. The van der Waals surface area contributed by atoms with Crippen molar-refractivity contribution in [1.82, 2.24) is 10.2 Å². The zero-order chi connectivity index (χ0) is 12.9. The first-order valence-corrected chi connectivity index (χ1v) is 6.68. The Kier molecular flexibility index (Phi) is 5.40. The second-order valence-electron chi connectivity index (χ2n) is 5.02. The molecule has 0 aromatic heterocycles. The molecule has 2 atom stereocenters. The minimum atomic E-state index is -0.129. The molecular formula is C13H26N2O2. The number of rotatable bonds is 6. The number of ether oxygens (including phenoxy) is 1. The lowest BCUT2D eigenvalue weighted by atomic mass is 10.0. The number of nitrogens with one attached hydrogen (secondary N) is 1. The molecule has 1 heterocycles. The van der Waals surface area contributed by atoms with Gasteiger partial charge in [-0.3, -0.25) is 4.79 Å². The van der Waals surface area contributed by atoms with E-state index in [1.54, 1.807) is 0 Å². The summed E-state index contributed by atoms with van der Waals surface area (Å²) in [6.45, 7) is 11.2. The van der Waals surface area contributed by atoms with Crippen molar-refractivity contribution in [3.05, 3.63) is 0 Å². The largest absolute Gasteiger partial charge is 0.374 e. The van der Waals surface area contributed by atoms with Crippen LogP contribution in [0.4, 0.5) is 0 Å². The summed E-state index contributed by atoms with van der Waals surface area (Å²) in [5.74, 6) is 0.177. The maximum Gasteiger partial charge on any atom is 0.239 e. The molecule has 0 aromatic carbocycles. The first-order chi connectivity index (χ1) is 8.02. The summed E-state index contributed by atoms with van der Waals surface area (Å²) in [6, 6.07) is -0.129. The molecule has 0 spiro atoms. The Morgan fingerprint density at radius 3 is 2.59 bits per heavy atom. The van der Waals surface area contributed by atoms with Crippen LogP contribution in [0, 0.1) is 0 Å². The average Bonchev–Trinajstić information content (AvgIpc) is 2.75. The van der Waals surface area contributed by atoms with Crippen molar-refractivity contribution in [3.63, 3.8) is 0 Å². The van der Waals surface area contributed by atoms with Crippen molar-refractivity contribution >= 4 is 5.91 Å². The number of carbonyl (C=O) groups excluding carboxylic acids is 1. The second kappa shape index (κ2) is 6.36. The van der Waals surface area contributed by atoms with E-state index in [2.05, 4.69) is 12.2 Å². The Balaban J connectivity index is 2.38. The van der Waals surface area contributed by atoms with Crippen molar-refractivity contribution in [3.8, 4) is 0 Å². The van der Waals surface area contributed by atoms with Crippen LogP contribution in [-0.2, 0) is 9.53 Å². The average molecular weight is 242 g/mol. The molecule has 1 N–H and O–H groups in total. The summed E-state index contributed by atoms with van der Waals surface area (Å²) in [5.41, 5.74) is -0.0855. The zero-order valence-electron chi connectivity index (χ0n) is 11.6. The highest BCUT2D eigenvalue weighted by molar-refractivity contribution is 5.81. The van der Waals surface area contributed by atoms with Crippen molar-refractivity contribution in [2.45, 2.75) is 52.2 Å². The fraction of sp³-hybridized carbons (Fsp3) is 0.923. The van der Waals surface area contributed by atoms with Crippen molar-refractivity contribution in [1.29, 1.82) is 0 Å². The van der Waals surface area contributed by atoms with Gasteiger partial charge in [-0.1, -0.05) is 0 Å². The lowest BCUT2D eigenvalue weighted by Gasteiger charge is -2.28. The molecule has 2 unspecified atom stereocenters. The topological polar surface area (TPSA) is 41.6 Å². The molecule has 0 bridgehead atoms. The van der Waals surface area contributed by atoms with Gasteiger partial charge in [-0.15, -0.1) is 0 Å². The number of likely N-dealkylation sites (N-methyl/N-ethyl adjacent to an activating group) is 1. The molecule has 1 saturated heterocycles. The first kappa shape index (κ1) is 14.5. The molecule has 1 fully saturated rings. The van der Waals surface area contributed by atoms with Gasteiger partial charge in [0.2, 0.25) is 5.91 Å². The van der Waals surface area contributed by atoms with E-state index in [0.717, 1.165) is 39.1 Å². The van der Waals surface area contributed by atoms with Gasteiger partial charge in [0, 0.05) is 26.2 Å². The van der Waals surface area contributed by atoms with E-state index in [-0.39, 0.29) is 17.6 Å². The SMILES string of the molecule is CCN(CC)C(=O)C(C)NCC1(C)CCCO1. The van der Waals surface area contributed by atoms with E-state index in [0.29, 0.717) is 0 Å². The summed E-state index contributed by atoms with van der Waals surface area (Å²) in [4.78, 5) is 13.9. The van der Waals surface area contributed by atoms with Crippen LogP contribution in [0.2, 0.25) is 0 Å². The molecule has 0 radical (unpaired) electrons. The van der Waals surface area contributed by atoms with Gasteiger partial charge < -0.3 is 15.0 Å². The molecule has 1 aliphatic heterocycles. The third kappa shape index (κ3) is 3.96. The maximum atomic E-state index is 12.0. The quantitative estimate of drug-likeness (QED) is 0.765. The van der Waals surface area contributed by atoms with Crippen molar-refractivity contribution in [2.75, 3.05) is 26.2 Å². The van der Waals surface area contributed by atoms with Crippen LogP contribution in [0.1, 0.15) is 40.5 Å². The van der Waals surface area contributed by atoms with Gasteiger partial charge >= 0.3 is 0 Å². The number of amides is 1. The molecule has 1 rings (SSSR count). The molecule has 4 nitrogen and oxygen atoms in total. The van der Waals surface area contributed by atoms with Crippen LogP contribution < -0.4 is 5.32 Å². The van der Waals surface area contributed by atoms with Gasteiger partial charge in [0.1, 0.15) is 0 Å². The second-order valence-corrected chi connectivity index (χ2v) is 5.02. The van der Waals surface area contributed by atoms with E-state index >= 15 is 0 Å². The Labute approximate surface area is 105 Å². The van der Waals surface area contributed by atoms with Gasteiger partial charge in [-0.25, -0.2) is 0 Å². The van der Waals surface area contributed by atoms with E-state index in [1.807, 2.05) is 25.7 Å². The van der Waals surface area contributed by atoms with Gasteiger partial charge in [0.05, 0.1) is 11.6 Å². The lowest BCUT2D eigenvalue weighted by Crippen LogP contribution is -2.49. The van der Waals surface area contributed by atoms with Crippen molar-refractivity contribution < 1.29 is 9.53 Å². The Morgan fingerprint density at radius 2 is 2.12 bits per heavy atom. The predicted octanol–water partition coefficient (Wildman–Crippen LogP) is 1.40. The standard InChI is InChI=1S/C13H26N2O2/c1-5-15(6-2)12(16)11(3)14-10-13(4)8-7-9-17-13/h11,14H,5-10H2,1-4H3. The monoisotopic (exact) mass is 242 g/mol. The Bertz CT molecular complexity index is 246. The normalized spacial score (nSPS) is 25.9.